The summed E-state index contributed by atoms with van der Waals surface area (Å²) in [6, 6.07) is 16.4. The van der Waals surface area contributed by atoms with Crippen molar-refractivity contribution in [1.82, 2.24) is 14.9 Å². The lowest BCUT2D eigenvalue weighted by Gasteiger charge is -2.33. The Morgan fingerprint density at radius 2 is 1.85 bits per heavy atom. The predicted octanol–water partition coefficient (Wildman–Crippen LogP) is 5.49. The van der Waals surface area contributed by atoms with Crippen LogP contribution in [0.5, 0.6) is 11.5 Å². The van der Waals surface area contributed by atoms with Crippen LogP contribution in [0.3, 0.4) is 0 Å². The molecule has 7 heteroatoms. The van der Waals surface area contributed by atoms with Gasteiger partial charge in [-0.2, -0.15) is 0 Å². The van der Waals surface area contributed by atoms with Crippen molar-refractivity contribution in [3.63, 3.8) is 0 Å². The normalized spacial score (nSPS) is 17.2. The molecule has 0 saturated carbocycles. The van der Waals surface area contributed by atoms with E-state index in [4.69, 9.17) is 24.2 Å². The van der Waals surface area contributed by atoms with Gasteiger partial charge >= 0.3 is 5.97 Å². The van der Waals surface area contributed by atoms with E-state index < -0.39 is 0 Å². The summed E-state index contributed by atoms with van der Waals surface area (Å²) in [5.41, 5.74) is 7.69. The quantitative estimate of drug-likeness (QED) is 0.309. The van der Waals surface area contributed by atoms with E-state index >= 15 is 0 Å². The number of esters is 1. The molecular weight excluding hydrogens is 490 g/mol. The number of methoxy groups -OCH3 is 1. The van der Waals surface area contributed by atoms with Crippen LogP contribution in [0, 0.1) is 6.92 Å². The number of hydrogen-bond donors (Lipinski definition) is 0. The number of carbonyl (C=O) groups excluding carboxylic acids is 1. The molecule has 0 radical (unpaired) electrons. The second kappa shape index (κ2) is 11.0. The maximum absolute atomic E-state index is 12.4. The molecule has 4 heterocycles. The summed E-state index contributed by atoms with van der Waals surface area (Å²) < 4.78 is 16.6. The summed E-state index contributed by atoms with van der Waals surface area (Å²) in [6.45, 7) is 4.87. The Kier molecular flexibility index (Phi) is 7.16. The summed E-state index contributed by atoms with van der Waals surface area (Å²) in [4.78, 5) is 24.2. The van der Waals surface area contributed by atoms with E-state index in [-0.39, 0.29) is 12.0 Å². The van der Waals surface area contributed by atoms with Gasteiger partial charge in [-0.1, -0.05) is 30.7 Å². The number of pyridine rings is 2. The Morgan fingerprint density at radius 3 is 2.72 bits per heavy atom. The molecule has 0 bridgehead atoms. The van der Waals surface area contributed by atoms with Crippen molar-refractivity contribution in [2.75, 3.05) is 26.9 Å². The molecule has 4 aromatic rings. The van der Waals surface area contributed by atoms with E-state index in [0.717, 1.165) is 70.6 Å². The smallest absolute Gasteiger partial charge is 0.323 e. The molecule has 39 heavy (non-hydrogen) atoms. The lowest BCUT2D eigenvalue weighted by atomic mass is 9.93. The van der Waals surface area contributed by atoms with Crippen LogP contribution in [-0.2, 0) is 22.5 Å². The molecule has 2 aromatic carbocycles. The van der Waals surface area contributed by atoms with E-state index in [2.05, 4.69) is 48.2 Å². The average molecular weight is 524 g/mol. The van der Waals surface area contributed by atoms with Gasteiger partial charge in [0.25, 0.3) is 0 Å². The number of piperidine rings is 1. The van der Waals surface area contributed by atoms with Crippen molar-refractivity contribution in [2.45, 2.75) is 45.2 Å². The van der Waals surface area contributed by atoms with Crippen molar-refractivity contribution < 1.29 is 19.0 Å². The Morgan fingerprint density at radius 1 is 1.00 bits per heavy atom. The zero-order valence-corrected chi connectivity index (χ0v) is 22.5. The first-order chi connectivity index (χ1) is 19.1. The minimum absolute atomic E-state index is 0.149. The molecule has 7 nitrogen and oxygen atoms in total. The molecule has 0 amide bonds. The van der Waals surface area contributed by atoms with Crippen molar-refractivity contribution in [2.24, 2.45) is 0 Å². The van der Waals surface area contributed by atoms with Gasteiger partial charge < -0.3 is 14.2 Å². The Hall–Kier alpha value is -3.97. The second-order valence-electron chi connectivity index (χ2n) is 10.3. The number of nitrogens with zero attached hydrogens (tertiary/aromatic N) is 3. The first kappa shape index (κ1) is 25.3. The minimum Gasteiger partial charge on any atom is -0.486 e. The Labute approximate surface area is 228 Å². The van der Waals surface area contributed by atoms with Crippen LogP contribution >= 0.6 is 0 Å². The van der Waals surface area contributed by atoms with Crippen molar-refractivity contribution >= 4 is 16.9 Å². The third-order valence-electron chi connectivity index (χ3n) is 7.94. The van der Waals surface area contributed by atoms with E-state index in [0.29, 0.717) is 26.2 Å². The highest BCUT2D eigenvalue weighted by Gasteiger charge is 2.29. The molecule has 1 saturated heterocycles. The topological polar surface area (TPSA) is 73.8 Å². The van der Waals surface area contributed by atoms with Crippen molar-refractivity contribution in [3.8, 4) is 22.6 Å². The second-order valence-corrected chi connectivity index (χ2v) is 10.3. The molecule has 1 unspecified atom stereocenters. The highest BCUT2D eigenvalue weighted by molar-refractivity contribution is 5.84. The van der Waals surface area contributed by atoms with Gasteiger partial charge in [0.1, 0.15) is 19.3 Å². The summed E-state index contributed by atoms with van der Waals surface area (Å²) >= 11 is 0. The SMILES string of the molecule is COC(=O)C1CCCCN1Cc1ccnc2c(Cc3cccc(-c4ccc5c(c4)OCCO5)c3C)nccc12. The van der Waals surface area contributed by atoms with Gasteiger partial charge in [0.05, 0.1) is 18.3 Å². The molecule has 0 N–H and O–H groups in total. The van der Waals surface area contributed by atoms with Gasteiger partial charge in [0.2, 0.25) is 0 Å². The van der Waals surface area contributed by atoms with Crippen LogP contribution < -0.4 is 9.47 Å². The van der Waals surface area contributed by atoms with Crippen LogP contribution in [0.4, 0.5) is 0 Å². The molecular formula is C32H33N3O4. The number of ether oxygens (including phenoxy) is 3. The van der Waals surface area contributed by atoms with Gasteiger partial charge in [0, 0.05) is 30.7 Å². The zero-order valence-electron chi connectivity index (χ0n) is 22.5. The summed E-state index contributed by atoms with van der Waals surface area (Å²) in [5, 5.41) is 1.08. The maximum Gasteiger partial charge on any atom is 0.323 e. The van der Waals surface area contributed by atoms with Gasteiger partial charge in [-0.05, 0) is 78.4 Å². The monoisotopic (exact) mass is 523 g/mol. The molecule has 6 rings (SSSR count). The van der Waals surface area contributed by atoms with Gasteiger partial charge in [0.15, 0.2) is 11.5 Å². The molecule has 1 fully saturated rings. The molecule has 0 aliphatic carbocycles. The van der Waals surface area contributed by atoms with Crippen molar-refractivity contribution in [3.05, 3.63) is 83.3 Å². The molecule has 200 valence electrons. The highest BCUT2D eigenvalue weighted by atomic mass is 16.6. The third-order valence-corrected chi connectivity index (χ3v) is 7.94. The lowest BCUT2D eigenvalue weighted by molar-refractivity contribution is -0.148. The van der Waals surface area contributed by atoms with Crippen LogP contribution in [0.15, 0.2) is 60.9 Å². The Balaban J connectivity index is 1.30. The van der Waals surface area contributed by atoms with Crippen molar-refractivity contribution in [1.29, 1.82) is 0 Å². The number of likely N-dealkylation sites (tertiary alicyclic amines) is 1. The number of fused-ring (bicyclic) bond motifs is 2. The van der Waals surface area contributed by atoms with E-state index in [1.54, 1.807) is 0 Å². The fourth-order valence-electron chi connectivity index (χ4n) is 5.84. The number of rotatable bonds is 6. The fraction of sp³-hybridized carbons (Fsp3) is 0.344. The average Bonchev–Trinajstić information content (AvgIpc) is 2.98. The van der Waals surface area contributed by atoms with E-state index in [1.165, 1.54) is 18.2 Å². The Bertz CT molecular complexity index is 1520. The zero-order chi connectivity index (χ0) is 26.8. The van der Waals surface area contributed by atoms with Crippen LogP contribution in [0.2, 0.25) is 0 Å². The molecule has 0 spiro atoms. The summed E-state index contributed by atoms with van der Waals surface area (Å²) in [5.74, 6) is 1.44. The van der Waals surface area contributed by atoms with E-state index in [9.17, 15) is 4.79 Å². The number of hydrogen-bond acceptors (Lipinski definition) is 7. The maximum atomic E-state index is 12.4. The fourth-order valence-corrected chi connectivity index (χ4v) is 5.84. The predicted molar refractivity (Wildman–Crippen MR) is 150 cm³/mol. The van der Waals surface area contributed by atoms with E-state index in [1.807, 2.05) is 24.5 Å². The first-order valence-electron chi connectivity index (χ1n) is 13.6. The molecule has 2 aliphatic rings. The lowest BCUT2D eigenvalue weighted by Crippen LogP contribution is -2.44. The molecule has 1 atom stereocenters. The standard InChI is InChI=1S/C32H33N3O4/c1-21-22(6-5-7-25(21)23-9-10-29-30(19-23)39-17-16-38-29)18-27-31-26(12-14-33-27)24(11-13-34-31)20-35-15-4-3-8-28(35)32(36)37-2/h5-7,9-14,19,28H,3-4,8,15-18,20H2,1-2H3. The van der Waals surface area contributed by atoms with Crippen LogP contribution in [0.25, 0.3) is 22.0 Å². The van der Waals surface area contributed by atoms with Crippen LogP contribution in [-0.4, -0.2) is 53.7 Å². The van der Waals surface area contributed by atoms with Gasteiger partial charge in [-0.15, -0.1) is 0 Å². The largest absolute Gasteiger partial charge is 0.486 e. The molecule has 2 aliphatic heterocycles. The summed E-state index contributed by atoms with van der Waals surface area (Å²) in [7, 11) is 1.47. The third kappa shape index (κ3) is 5.06. The molecule has 2 aromatic heterocycles. The number of carbonyl (C=O) groups is 1. The number of benzene rings is 2. The summed E-state index contributed by atoms with van der Waals surface area (Å²) in [6.07, 6.45) is 7.37. The number of aromatic nitrogens is 2. The first-order valence-corrected chi connectivity index (χ1v) is 13.6. The van der Waals surface area contributed by atoms with Gasteiger partial charge in [-0.25, -0.2) is 0 Å². The van der Waals surface area contributed by atoms with Gasteiger partial charge in [-0.3, -0.25) is 19.7 Å². The highest BCUT2D eigenvalue weighted by Crippen LogP contribution is 2.36. The van der Waals surface area contributed by atoms with Crippen LogP contribution in [0.1, 0.15) is 41.6 Å². The minimum atomic E-state index is -0.195.